The Kier molecular flexibility index (Phi) is 8.21. The molecule has 1 aliphatic rings. The van der Waals surface area contributed by atoms with Gasteiger partial charge in [-0.1, -0.05) is 26.7 Å². The molecule has 5 nitrogen and oxygen atoms in total. The van der Waals surface area contributed by atoms with Gasteiger partial charge in [0, 0.05) is 13.0 Å². The van der Waals surface area contributed by atoms with Gasteiger partial charge in [0.15, 0.2) is 9.84 Å². The van der Waals surface area contributed by atoms with Crippen molar-refractivity contribution >= 4 is 28.2 Å². The number of sulfone groups is 1. The Bertz CT molecular complexity index is 434. The van der Waals surface area contributed by atoms with Crippen LogP contribution in [-0.4, -0.2) is 37.4 Å². The van der Waals surface area contributed by atoms with E-state index in [0.29, 0.717) is 6.54 Å². The molecule has 0 spiro atoms. The van der Waals surface area contributed by atoms with Crippen LogP contribution in [0.2, 0.25) is 0 Å². The molecule has 0 saturated heterocycles. The fourth-order valence-electron chi connectivity index (χ4n) is 2.46. The maximum Gasteiger partial charge on any atom is 0.221 e. The third kappa shape index (κ3) is 5.75. The summed E-state index contributed by atoms with van der Waals surface area (Å²) in [7, 11) is -3.13. The van der Waals surface area contributed by atoms with E-state index in [1.165, 1.54) is 0 Å². The second-order valence-electron chi connectivity index (χ2n) is 6.35. The van der Waals surface area contributed by atoms with E-state index < -0.39 is 15.4 Å². The number of carbonyl (C=O) groups excluding carboxylic acids is 1. The van der Waals surface area contributed by atoms with E-state index in [1.807, 2.05) is 20.8 Å². The van der Waals surface area contributed by atoms with Gasteiger partial charge in [-0.15, -0.1) is 12.4 Å². The minimum atomic E-state index is -3.13. The number of amides is 1. The number of hydrogen-bond donors (Lipinski definition) is 2. The minimum absolute atomic E-state index is 0. The summed E-state index contributed by atoms with van der Waals surface area (Å²) in [6.45, 7) is 6.21. The molecule has 126 valence electrons. The van der Waals surface area contributed by atoms with Gasteiger partial charge < -0.3 is 11.1 Å². The molecule has 0 aliphatic heterocycles. The molecule has 0 aromatic heterocycles. The lowest BCUT2D eigenvalue weighted by Gasteiger charge is -2.33. The summed E-state index contributed by atoms with van der Waals surface area (Å²) in [5, 5.41) is 2.64. The van der Waals surface area contributed by atoms with Gasteiger partial charge in [-0.05, 0) is 25.7 Å². The minimum Gasteiger partial charge on any atom is -0.349 e. The molecule has 1 rings (SSSR count). The van der Waals surface area contributed by atoms with E-state index in [0.717, 1.165) is 25.7 Å². The highest BCUT2D eigenvalue weighted by atomic mass is 35.5. The number of rotatable bonds is 7. The van der Waals surface area contributed by atoms with Crippen LogP contribution in [0.1, 0.15) is 52.9 Å². The van der Waals surface area contributed by atoms with Gasteiger partial charge in [-0.25, -0.2) is 8.42 Å². The highest BCUT2D eigenvalue weighted by Gasteiger charge is 2.31. The summed E-state index contributed by atoms with van der Waals surface area (Å²) in [5.74, 6) is -0.0847. The molecule has 1 aliphatic carbocycles. The van der Waals surface area contributed by atoms with Crippen LogP contribution in [0.25, 0.3) is 0 Å². The smallest absolute Gasteiger partial charge is 0.221 e. The molecule has 1 saturated carbocycles. The Morgan fingerprint density at radius 1 is 1.33 bits per heavy atom. The largest absolute Gasteiger partial charge is 0.349 e. The highest BCUT2D eigenvalue weighted by molar-refractivity contribution is 7.92. The summed E-state index contributed by atoms with van der Waals surface area (Å²) in [6, 6.07) is 0. The van der Waals surface area contributed by atoms with Crippen molar-refractivity contribution in [1.82, 2.24) is 5.32 Å². The number of halogens is 1. The first-order valence-electron chi connectivity index (χ1n) is 7.44. The van der Waals surface area contributed by atoms with Crippen LogP contribution in [0, 0.1) is 5.92 Å². The molecular formula is C14H29ClN2O3S. The van der Waals surface area contributed by atoms with Gasteiger partial charge in [0.1, 0.15) is 0 Å². The second kappa shape index (κ2) is 8.34. The molecule has 0 aromatic carbocycles. The number of nitrogens with two attached hydrogens (primary N) is 1. The first kappa shape index (κ1) is 20.7. The fraction of sp³-hybridized carbons (Fsp3) is 0.929. The van der Waals surface area contributed by atoms with E-state index in [2.05, 4.69) is 5.32 Å². The Balaban J connectivity index is 0.00000400. The van der Waals surface area contributed by atoms with E-state index in [1.54, 1.807) is 0 Å². The Morgan fingerprint density at radius 2 is 1.86 bits per heavy atom. The Hall–Kier alpha value is -0.330. The van der Waals surface area contributed by atoms with Gasteiger partial charge in [-0.2, -0.15) is 0 Å². The van der Waals surface area contributed by atoms with Crippen LogP contribution in [0.15, 0.2) is 0 Å². The van der Waals surface area contributed by atoms with Crippen molar-refractivity contribution in [2.45, 2.75) is 63.7 Å². The summed E-state index contributed by atoms with van der Waals surface area (Å²) >= 11 is 0. The van der Waals surface area contributed by atoms with Crippen molar-refractivity contribution in [3.8, 4) is 0 Å². The van der Waals surface area contributed by atoms with E-state index in [4.69, 9.17) is 5.73 Å². The zero-order valence-electron chi connectivity index (χ0n) is 13.2. The normalized spacial score (nSPS) is 19.1. The van der Waals surface area contributed by atoms with Crippen LogP contribution in [0.4, 0.5) is 0 Å². The predicted molar refractivity (Wildman–Crippen MR) is 88.3 cm³/mol. The van der Waals surface area contributed by atoms with Gasteiger partial charge >= 0.3 is 0 Å². The first-order chi connectivity index (χ1) is 9.21. The third-order valence-corrected chi connectivity index (χ3v) is 6.81. The highest BCUT2D eigenvalue weighted by Crippen LogP contribution is 2.25. The first-order valence-corrected chi connectivity index (χ1v) is 9.15. The molecule has 0 radical (unpaired) electrons. The molecule has 21 heavy (non-hydrogen) atoms. The molecule has 3 N–H and O–H groups in total. The molecule has 0 heterocycles. The lowest BCUT2D eigenvalue weighted by molar-refractivity contribution is -0.122. The van der Waals surface area contributed by atoms with Gasteiger partial charge in [0.05, 0.1) is 16.5 Å². The monoisotopic (exact) mass is 340 g/mol. The molecule has 1 unspecified atom stereocenters. The standard InChI is InChI=1S/C14H28N2O3S.ClH/c1-11(2)14(3,10-15)16-13(17)8-9-20(18,19)12-6-4-5-7-12;/h11-12H,4-10,15H2,1-3H3,(H,16,17);1H. The predicted octanol–water partition coefficient (Wildman–Crippen LogP) is 1.65. The van der Waals surface area contributed by atoms with Gasteiger partial charge in [-0.3, -0.25) is 4.79 Å². The molecule has 1 amide bonds. The summed E-state index contributed by atoms with van der Waals surface area (Å²) in [5.41, 5.74) is 5.23. The number of carbonyl (C=O) groups is 1. The topological polar surface area (TPSA) is 89.3 Å². The third-order valence-electron chi connectivity index (χ3n) is 4.55. The van der Waals surface area contributed by atoms with E-state index >= 15 is 0 Å². The quantitative estimate of drug-likeness (QED) is 0.737. The van der Waals surface area contributed by atoms with Crippen LogP contribution < -0.4 is 11.1 Å². The molecule has 7 heteroatoms. The lowest BCUT2D eigenvalue weighted by Crippen LogP contribution is -2.55. The fourth-order valence-corrected chi connectivity index (χ4v) is 4.32. The molecular weight excluding hydrogens is 312 g/mol. The van der Waals surface area contributed by atoms with E-state index in [9.17, 15) is 13.2 Å². The van der Waals surface area contributed by atoms with Crippen LogP contribution in [-0.2, 0) is 14.6 Å². The molecule has 1 atom stereocenters. The Morgan fingerprint density at radius 3 is 2.29 bits per heavy atom. The maximum atomic E-state index is 12.1. The maximum absolute atomic E-state index is 12.1. The SMILES string of the molecule is CC(C)C(C)(CN)NC(=O)CCS(=O)(=O)C1CCCC1.Cl. The number of nitrogens with one attached hydrogen (secondary N) is 1. The number of hydrogen-bond acceptors (Lipinski definition) is 4. The molecule has 0 aromatic rings. The van der Waals surface area contributed by atoms with Crippen molar-refractivity contribution in [1.29, 1.82) is 0 Å². The second-order valence-corrected chi connectivity index (χ2v) is 8.75. The van der Waals surface area contributed by atoms with Crippen molar-refractivity contribution < 1.29 is 13.2 Å². The lowest BCUT2D eigenvalue weighted by atomic mass is 9.88. The van der Waals surface area contributed by atoms with Crippen molar-refractivity contribution in [3.63, 3.8) is 0 Å². The van der Waals surface area contributed by atoms with Crippen LogP contribution in [0.3, 0.4) is 0 Å². The van der Waals surface area contributed by atoms with Gasteiger partial charge in [0.25, 0.3) is 0 Å². The zero-order chi connectivity index (χ0) is 15.4. The van der Waals surface area contributed by atoms with Crippen molar-refractivity contribution in [3.05, 3.63) is 0 Å². The summed E-state index contributed by atoms with van der Waals surface area (Å²) in [4.78, 5) is 12.0. The summed E-state index contributed by atoms with van der Waals surface area (Å²) < 4.78 is 24.2. The Labute approximate surface area is 134 Å². The average Bonchev–Trinajstić information content (AvgIpc) is 2.90. The molecule has 1 fully saturated rings. The zero-order valence-corrected chi connectivity index (χ0v) is 14.9. The van der Waals surface area contributed by atoms with Crippen molar-refractivity contribution in [2.75, 3.05) is 12.3 Å². The van der Waals surface area contributed by atoms with Crippen molar-refractivity contribution in [2.24, 2.45) is 11.7 Å². The van der Waals surface area contributed by atoms with E-state index in [-0.39, 0.29) is 41.7 Å². The molecule has 0 bridgehead atoms. The van der Waals surface area contributed by atoms with Gasteiger partial charge in [0.2, 0.25) is 5.91 Å². The van der Waals surface area contributed by atoms with Crippen LogP contribution >= 0.6 is 12.4 Å². The summed E-state index contributed by atoms with van der Waals surface area (Å²) in [6.07, 6.45) is 3.48. The average molecular weight is 341 g/mol. The van der Waals surface area contributed by atoms with Crippen LogP contribution in [0.5, 0.6) is 0 Å².